The standard InChI is InChI=1S/C22H15ClF2N2O6.C20H17ClF4N2O3.C5H8F2.ClH/c1-32-21(28)13-2-3-14(20(25)10-13)12-26(16-6-9-19(24)18(23)11-16)22(29)33-17-7-4-15(5-8-17)27(30)31;1-30-18(28)12-2-3-13(17(23)8-12)10-27(14-4-5-16(22)15(21)9-14)19(29)26-7-6-20(24,25)11-26;6-5(7)3-1-2-4-5;/h2-11H,12H2,1H3;2-5,8-9H,6-7,10-11H2,1H3;1-4H2;1H. The van der Waals surface area contributed by atoms with E-state index in [2.05, 4.69) is 9.47 Å². The summed E-state index contributed by atoms with van der Waals surface area (Å²) in [4.78, 5) is 62.1. The maximum atomic E-state index is 14.6. The fourth-order valence-electron chi connectivity index (χ4n) is 6.77. The van der Waals surface area contributed by atoms with Gasteiger partial charge in [-0.2, -0.15) is 0 Å². The summed E-state index contributed by atoms with van der Waals surface area (Å²) in [5.41, 5.74) is -0.0112. The van der Waals surface area contributed by atoms with Crippen molar-refractivity contribution in [3.63, 3.8) is 0 Å². The van der Waals surface area contributed by atoms with Crippen LogP contribution in [0.3, 0.4) is 0 Å². The van der Waals surface area contributed by atoms with Gasteiger partial charge in [0, 0.05) is 60.4 Å². The number of carbonyl (C=O) groups excluding carboxylic acids is 4. The van der Waals surface area contributed by atoms with E-state index in [0.717, 1.165) is 77.5 Å². The number of urea groups is 1. The molecule has 0 N–H and O–H groups in total. The average Bonchev–Trinajstić information content (AvgIpc) is 3.92. The van der Waals surface area contributed by atoms with Gasteiger partial charge in [-0.25, -0.2) is 54.3 Å². The molecule has 24 heteroatoms. The van der Waals surface area contributed by atoms with Crippen molar-refractivity contribution in [2.75, 3.05) is 37.1 Å². The first kappa shape index (κ1) is 56.9. The van der Waals surface area contributed by atoms with Crippen LogP contribution in [0.4, 0.5) is 61.8 Å². The molecular formula is C47H41Cl3F8N4O9. The normalized spacial score (nSPS) is 14.1. The van der Waals surface area contributed by atoms with E-state index in [1.165, 1.54) is 48.5 Å². The highest BCUT2D eigenvalue weighted by molar-refractivity contribution is 6.31. The second kappa shape index (κ2) is 24.9. The summed E-state index contributed by atoms with van der Waals surface area (Å²) in [5, 5.41) is 10.2. The molecule has 0 spiro atoms. The summed E-state index contributed by atoms with van der Waals surface area (Å²) in [6.07, 6.45) is 0.196. The van der Waals surface area contributed by atoms with E-state index >= 15 is 0 Å². The third kappa shape index (κ3) is 15.6. The Morgan fingerprint density at radius 2 is 1.11 bits per heavy atom. The van der Waals surface area contributed by atoms with Crippen molar-refractivity contribution in [1.29, 1.82) is 0 Å². The molecule has 5 aromatic rings. The van der Waals surface area contributed by atoms with Crippen molar-refractivity contribution >= 4 is 76.7 Å². The van der Waals surface area contributed by atoms with Crippen molar-refractivity contribution in [2.24, 2.45) is 0 Å². The van der Waals surface area contributed by atoms with Crippen LogP contribution in [0.15, 0.2) is 97.1 Å². The van der Waals surface area contributed by atoms with Crippen LogP contribution in [0.1, 0.15) is 63.9 Å². The van der Waals surface area contributed by atoms with Crippen LogP contribution < -0.4 is 14.5 Å². The zero-order valence-corrected chi connectivity index (χ0v) is 39.6. The molecule has 1 heterocycles. The van der Waals surface area contributed by atoms with E-state index in [1.807, 2.05) is 0 Å². The first-order chi connectivity index (χ1) is 33.0. The highest BCUT2D eigenvalue weighted by Crippen LogP contribution is 2.34. The number of hydrogen-bond acceptors (Lipinski definition) is 9. The van der Waals surface area contributed by atoms with Crippen LogP contribution in [0.25, 0.3) is 0 Å². The summed E-state index contributed by atoms with van der Waals surface area (Å²) >= 11 is 11.6. The lowest BCUT2D eigenvalue weighted by Crippen LogP contribution is -2.43. The number of non-ortho nitro benzene ring substituents is 1. The Morgan fingerprint density at radius 3 is 1.49 bits per heavy atom. The van der Waals surface area contributed by atoms with E-state index in [4.69, 9.17) is 27.9 Å². The molecule has 13 nitrogen and oxygen atoms in total. The molecule has 1 aliphatic heterocycles. The molecule has 0 unspecified atom stereocenters. The molecule has 1 saturated carbocycles. The number of alkyl halides is 4. The number of nitro benzene ring substituents is 1. The molecule has 0 aromatic heterocycles. The van der Waals surface area contributed by atoms with E-state index < -0.39 is 77.1 Å². The maximum Gasteiger partial charge on any atom is 0.420 e. The fourth-order valence-corrected chi connectivity index (χ4v) is 7.12. The zero-order valence-electron chi connectivity index (χ0n) is 37.3. The Hall–Kier alpha value is -6.71. The van der Waals surface area contributed by atoms with E-state index in [1.54, 1.807) is 0 Å². The van der Waals surface area contributed by atoms with Crippen molar-refractivity contribution in [1.82, 2.24) is 4.90 Å². The summed E-state index contributed by atoms with van der Waals surface area (Å²) in [6, 6.07) is 17.9. The molecule has 0 radical (unpaired) electrons. The summed E-state index contributed by atoms with van der Waals surface area (Å²) in [7, 11) is 2.31. The minimum absolute atomic E-state index is 0. The quantitative estimate of drug-likeness (QED) is 0.0576. The Balaban J connectivity index is 0.000000268. The van der Waals surface area contributed by atoms with Crippen LogP contribution in [0.5, 0.6) is 5.75 Å². The summed E-state index contributed by atoms with van der Waals surface area (Å²) in [6.45, 7) is -1.67. The van der Waals surface area contributed by atoms with Gasteiger partial charge in [-0.3, -0.25) is 19.9 Å². The molecular weight excluding hydrogens is 1020 g/mol. The van der Waals surface area contributed by atoms with Crippen molar-refractivity contribution < 1.29 is 73.4 Å². The first-order valence-corrected chi connectivity index (χ1v) is 21.5. The van der Waals surface area contributed by atoms with Gasteiger partial charge in [0.05, 0.1) is 59.9 Å². The number of halogens is 11. The number of likely N-dealkylation sites (tertiary alicyclic amines) is 1. The molecule has 1 saturated heterocycles. The smallest absolute Gasteiger partial charge is 0.420 e. The number of anilines is 2. The number of ether oxygens (including phenoxy) is 3. The zero-order chi connectivity index (χ0) is 51.5. The van der Waals surface area contributed by atoms with Crippen LogP contribution in [0.2, 0.25) is 10.0 Å². The highest BCUT2D eigenvalue weighted by Gasteiger charge is 2.42. The summed E-state index contributed by atoms with van der Waals surface area (Å²) in [5.74, 6) is -9.85. The minimum Gasteiger partial charge on any atom is -0.465 e. The van der Waals surface area contributed by atoms with E-state index in [-0.39, 0.29) is 100.0 Å². The number of rotatable bonds is 10. The van der Waals surface area contributed by atoms with Gasteiger partial charge < -0.3 is 19.1 Å². The largest absolute Gasteiger partial charge is 0.465 e. The molecule has 71 heavy (non-hydrogen) atoms. The maximum absolute atomic E-state index is 14.6. The van der Waals surface area contributed by atoms with Crippen molar-refractivity contribution in [3.05, 3.63) is 163 Å². The predicted molar refractivity (Wildman–Crippen MR) is 247 cm³/mol. The first-order valence-electron chi connectivity index (χ1n) is 20.7. The Labute approximate surface area is 416 Å². The SMILES string of the molecule is COC(=O)c1ccc(CN(C(=O)N2CCC(F)(F)C2)c2ccc(F)c(Cl)c2)c(F)c1.COC(=O)c1ccc(CN(C(=O)Oc2ccc([N+](=O)[O-])cc2)c2ccc(F)c(Cl)c2)c(F)c1.Cl.FC1(F)CCCC1. The van der Waals surface area contributed by atoms with Gasteiger partial charge >= 0.3 is 24.1 Å². The molecule has 0 bridgehead atoms. The number of methoxy groups -OCH3 is 2. The lowest BCUT2D eigenvalue weighted by Gasteiger charge is -2.28. The lowest BCUT2D eigenvalue weighted by molar-refractivity contribution is -0.384. The van der Waals surface area contributed by atoms with Gasteiger partial charge in [0.2, 0.25) is 5.92 Å². The van der Waals surface area contributed by atoms with Gasteiger partial charge in [-0.15, -0.1) is 12.4 Å². The van der Waals surface area contributed by atoms with Crippen LogP contribution >= 0.6 is 35.6 Å². The lowest BCUT2D eigenvalue weighted by atomic mass is 10.1. The third-order valence-corrected chi connectivity index (χ3v) is 11.1. The topological polar surface area (TPSA) is 149 Å². The number of benzene rings is 5. The average molecular weight is 1060 g/mol. The molecule has 3 amide bonds. The summed E-state index contributed by atoms with van der Waals surface area (Å²) < 4.78 is 122. The Bertz CT molecular complexity index is 2730. The van der Waals surface area contributed by atoms with Crippen LogP contribution in [0, 0.1) is 33.4 Å². The van der Waals surface area contributed by atoms with E-state index in [0.29, 0.717) is 12.8 Å². The fraction of sp³-hybridized carbons (Fsp3) is 0.277. The molecule has 380 valence electrons. The monoisotopic (exact) mass is 1060 g/mol. The van der Waals surface area contributed by atoms with Gasteiger partial charge in [-0.05, 0) is 85.6 Å². The Morgan fingerprint density at radius 1 is 0.648 bits per heavy atom. The van der Waals surface area contributed by atoms with Gasteiger partial charge in [-0.1, -0.05) is 35.3 Å². The number of amides is 3. The van der Waals surface area contributed by atoms with Gasteiger partial charge in [0.15, 0.2) is 0 Å². The van der Waals surface area contributed by atoms with E-state index in [9.17, 15) is 64.4 Å². The number of esters is 2. The number of nitrogens with zero attached hydrogens (tertiary/aromatic N) is 4. The third-order valence-electron chi connectivity index (χ3n) is 10.5. The number of nitro groups is 1. The molecule has 2 fully saturated rings. The second-order valence-electron chi connectivity index (χ2n) is 15.5. The Kier molecular flexibility index (Phi) is 20.0. The van der Waals surface area contributed by atoms with Gasteiger partial charge in [0.25, 0.3) is 11.6 Å². The number of hydrogen-bond donors (Lipinski definition) is 0. The van der Waals surface area contributed by atoms with Gasteiger partial charge in [0.1, 0.15) is 29.0 Å². The van der Waals surface area contributed by atoms with Crippen molar-refractivity contribution in [2.45, 2.75) is 57.0 Å². The van der Waals surface area contributed by atoms with Crippen LogP contribution in [-0.2, 0) is 22.6 Å². The second-order valence-corrected chi connectivity index (χ2v) is 16.3. The highest BCUT2D eigenvalue weighted by atomic mass is 35.5. The van der Waals surface area contributed by atoms with Crippen molar-refractivity contribution in [3.8, 4) is 5.75 Å². The molecule has 5 aromatic carbocycles. The molecule has 1 aliphatic carbocycles. The molecule has 0 atom stereocenters. The molecule has 2 aliphatic rings. The number of carbonyl (C=O) groups is 4. The van der Waals surface area contributed by atoms with Crippen LogP contribution in [-0.4, -0.2) is 73.0 Å². The molecule has 7 rings (SSSR count). The minimum atomic E-state index is -3.02. The predicted octanol–water partition coefficient (Wildman–Crippen LogP) is 13.0.